The number of carbonyl (C=O) groups is 2. The normalized spacial score (nSPS) is 21.8. The number of amides is 2. The number of nitrogens with one attached hydrogen (secondary N) is 1. The molecule has 3 aliphatic rings. The van der Waals surface area contributed by atoms with Crippen LogP contribution in [0.1, 0.15) is 62.0 Å². The Labute approximate surface area is 301 Å². The van der Waals surface area contributed by atoms with Crippen molar-refractivity contribution in [1.29, 1.82) is 5.26 Å². The van der Waals surface area contributed by atoms with Crippen molar-refractivity contribution < 1.29 is 19.1 Å². The first-order valence-corrected chi connectivity index (χ1v) is 18.0. The number of rotatable bonds is 9. The topological polar surface area (TPSA) is 98.1 Å². The summed E-state index contributed by atoms with van der Waals surface area (Å²) < 4.78 is 11.9. The van der Waals surface area contributed by atoms with Crippen LogP contribution in [0, 0.1) is 28.1 Å². The molecule has 3 fully saturated rings. The van der Waals surface area contributed by atoms with Crippen molar-refractivity contribution in [3.63, 3.8) is 0 Å². The minimum Gasteiger partial charge on any atom is -0.489 e. The smallest absolute Gasteiger partial charge is 0.410 e. The summed E-state index contributed by atoms with van der Waals surface area (Å²) >= 11 is 6.24. The van der Waals surface area contributed by atoms with Gasteiger partial charge in [0, 0.05) is 80.0 Å². The third kappa shape index (κ3) is 7.72. The van der Waals surface area contributed by atoms with Crippen molar-refractivity contribution in [2.75, 3.05) is 50.7 Å². The van der Waals surface area contributed by atoms with E-state index in [1.807, 2.05) is 47.4 Å². The maximum Gasteiger partial charge on any atom is 0.410 e. The summed E-state index contributed by atoms with van der Waals surface area (Å²) in [7, 11) is 0. The van der Waals surface area contributed by atoms with Crippen LogP contribution in [0.15, 0.2) is 72.8 Å². The Balaban J connectivity index is 0.934. The molecule has 2 heterocycles. The number of anilines is 1. The summed E-state index contributed by atoms with van der Waals surface area (Å²) in [6, 6.07) is 24.8. The molecule has 1 N–H and O–H groups in total. The average molecular weight is 698 g/mol. The highest BCUT2D eigenvalue weighted by atomic mass is 35.5. The SMILES string of the molecule is CC1(C)C(NC(=O)c2ccc(N3CCC(CN4CCN(C(=O)OCc5ccccc5)CC4)CC3)cc2)C(C)(C)C1Oc1ccc(C#N)c(Cl)c1. The highest BCUT2D eigenvalue weighted by Crippen LogP contribution is 2.55. The van der Waals surface area contributed by atoms with Crippen LogP contribution in [-0.2, 0) is 11.3 Å². The molecular weight excluding hydrogens is 650 g/mol. The van der Waals surface area contributed by atoms with E-state index in [-0.39, 0.29) is 35.0 Å². The molecule has 2 saturated heterocycles. The van der Waals surface area contributed by atoms with Crippen molar-refractivity contribution in [2.24, 2.45) is 16.7 Å². The van der Waals surface area contributed by atoms with E-state index in [0.29, 0.717) is 47.5 Å². The number of hydrogen-bond donors (Lipinski definition) is 1. The summed E-state index contributed by atoms with van der Waals surface area (Å²) in [6.07, 6.45) is 1.84. The molecule has 9 nitrogen and oxygen atoms in total. The van der Waals surface area contributed by atoms with Crippen LogP contribution < -0.4 is 15.0 Å². The first-order valence-electron chi connectivity index (χ1n) is 17.7. The van der Waals surface area contributed by atoms with Crippen molar-refractivity contribution in [1.82, 2.24) is 15.1 Å². The zero-order valence-electron chi connectivity index (χ0n) is 29.5. The third-order valence-electron chi connectivity index (χ3n) is 10.9. The Morgan fingerprint density at radius 1 is 0.900 bits per heavy atom. The molecule has 0 radical (unpaired) electrons. The Hall–Kier alpha value is -4.26. The van der Waals surface area contributed by atoms with Gasteiger partial charge in [0.05, 0.1) is 10.6 Å². The minimum absolute atomic E-state index is 0.0918. The van der Waals surface area contributed by atoms with Gasteiger partial charge < -0.3 is 24.6 Å². The van der Waals surface area contributed by atoms with Crippen molar-refractivity contribution in [2.45, 2.75) is 59.3 Å². The van der Waals surface area contributed by atoms with E-state index < -0.39 is 0 Å². The van der Waals surface area contributed by atoms with Crippen LogP contribution in [0.5, 0.6) is 5.75 Å². The Kier molecular flexibility index (Phi) is 10.6. The van der Waals surface area contributed by atoms with Crippen molar-refractivity contribution >= 4 is 29.3 Å². The van der Waals surface area contributed by atoms with Crippen LogP contribution >= 0.6 is 11.6 Å². The fourth-order valence-electron chi connectivity index (χ4n) is 8.30. The lowest BCUT2D eigenvalue weighted by atomic mass is 9.49. The Bertz CT molecular complexity index is 1670. The maximum absolute atomic E-state index is 13.4. The van der Waals surface area contributed by atoms with Gasteiger partial charge in [-0.15, -0.1) is 0 Å². The van der Waals surface area contributed by atoms with Crippen molar-refractivity contribution in [3.8, 4) is 11.8 Å². The monoisotopic (exact) mass is 697 g/mol. The number of piperidine rings is 1. The summed E-state index contributed by atoms with van der Waals surface area (Å²) in [5.41, 5.74) is 2.54. The van der Waals surface area contributed by atoms with E-state index in [4.69, 9.17) is 21.1 Å². The summed E-state index contributed by atoms with van der Waals surface area (Å²) in [5.74, 6) is 1.15. The number of carbonyl (C=O) groups excluding carboxylic acids is 2. The predicted molar refractivity (Wildman–Crippen MR) is 195 cm³/mol. The van der Waals surface area contributed by atoms with E-state index in [1.54, 1.807) is 18.2 Å². The van der Waals surface area contributed by atoms with Gasteiger partial charge >= 0.3 is 6.09 Å². The number of hydrogen-bond acceptors (Lipinski definition) is 7. The van der Waals surface area contributed by atoms with Crippen LogP contribution in [0.2, 0.25) is 5.02 Å². The molecule has 3 aromatic carbocycles. The number of halogens is 1. The first-order chi connectivity index (χ1) is 23.9. The lowest BCUT2D eigenvalue weighted by molar-refractivity contribution is -0.164. The standard InChI is InChI=1S/C40H48ClN5O4/c1-39(2)36(40(3,4)37(39)50-33-15-12-31(25-42)34(41)24-33)43-35(47)30-10-13-32(14-11-30)45-18-16-28(17-19-45)26-44-20-22-46(23-21-44)38(48)49-27-29-8-6-5-7-9-29/h5-15,24,28,36-37H,16-23,26-27H2,1-4H3,(H,43,47). The van der Waals surface area contributed by atoms with Gasteiger partial charge in [-0.25, -0.2) is 4.79 Å². The maximum atomic E-state index is 13.4. The molecule has 1 saturated carbocycles. The molecule has 0 spiro atoms. The number of benzene rings is 3. The predicted octanol–water partition coefficient (Wildman–Crippen LogP) is 6.99. The molecule has 0 unspecified atom stereocenters. The molecule has 0 atom stereocenters. The van der Waals surface area contributed by atoms with Gasteiger partial charge in [0.15, 0.2) is 0 Å². The molecule has 50 heavy (non-hydrogen) atoms. The highest BCUT2D eigenvalue weighted by Gasteiger charge is 2.64. The molecule has 10 heteroatoms. The fraction of sp³-hybridized carbons (Fsp3) is 0.475. The number of nitriles is 1. The van der Waals surface area contributed by atoms with Gasteiger partial charge in [-0.1, -0.05) is 69.6 Å². The average Bonchev–Trinajstić information content (AvgIpc) is 3.12. The minimum atomic E-state index is -0.328. The van der Waals surface area contributed by atoms with Gasteiger partial charge in [0.1, 0.15) is 24.5 Å². The second-order valence-electron chi connectivity index (χ2n) is 15.1. The first kappa shape index (κ1) is 35.6. The Morgan fingerprint density at radius 2 is 1.56 bits per heavy atom. The van der Waals surface area contributed by atoms with Gasteiger partial charge in [-0.3, -0.25) is 9.69 Å². The van der Waals surface area contributed by atoms with E-state index in [9.17, 15) is 14.9 Å². The quantitative estimate of drug-likeness (QED) is 0.257. The molecule has 264 valence electrons. The lowest BCUT2D eigenvalue weighted by Crippen LogP contribution is -2.74. The highest BCUT2D eigenvalue weighted by molar-refractivity contribution is 6.31. The molecule has 2 amide bonds. The molecule has 2 aliphatic heterocycles. The molecule has 0 bridgehead atoms. The third-order valence-corrected chi connectivity index (χ3v) is 11.2. The molecular formula is C40H48ClN5O4. The zero-order chi connectivity index (χ0) is 35.5. The second-order valence-corrected chi connectivity index (χ2v) is 15.5. The van der Waals surface area contributed by atoms with Crippen LogP contribution in [0.3, 0.4) is 0 Å². The molecule has 1 aliphatic carbocycles. The van der Waals surface area contributed by atoms with E-state index in [2.05, 4.69) is 61.0 Å². The number of nitrogens with zero attached hydrogens (tertiary/aromatic N) is 4. The van der Waals surface area contributed by atoms with E-state index in [1.165, 1.54) is 0 Å². The summed E-state index contributed by atoms with van der Waals surface area (Å²) in [4.78, 5) is 32.7. The second kappa shape index (κ2) is 14.9. The molecule has 0 aromatic heterocycles. The van der Waals surface area contributed by atoms with E-state index in [0.717, 1.165) is 56.8 Å². The van der Waals surface area contributed by atoms with Crippen LogP contribution in [-0.4, -0.2) is 79.8 Å². The summed E-state index contributed by atoms with van der Waals surface area (Å²) in [6.45, 7) is 14.9. The Morgan fingerprint density at radius 3 is 2.18 bits per heavy atom. The van der Waals surface area contributed by atoms with Crippen molar-refractivity contribution in [3.05, 3.63) is 94.5 Å². The van der Waals surface area contributed by atoms with Gasteiger partial charge in [0.25, 0.3) is 5.91 Å². The summed E-state index contributed by atoms with van der Waals surface area (Å²) in [5, 5.41) is 12.8. The lowest BCUT2D eigenvalue weighted by Gasteiger charge is -2.63. The van der Waals surface area contributed by atoms with Gasteiger partial charge in [-0.2, -0.15) is 5.26 Å². The molecule has 3 aromatic rings. The molecule has 6 rings (SSSR count). The fourth-order valence-corrected chi connectivity index (χ4v) is 8.51. The van der Waals surface area contributed by atoms with E-state index >= 15 is 0 Å². The van der Waals surface area contributed by atoms with Crippen LogP contribution in [0.4, 0.5) is 10.5 Å². The largest absolute Gasteiger partial charge is 0.489 e. The zero-order valence-corrected chi connectivity index (χ0v) is 30.3. The van der Waals surface area contributed by atoms with Gasteiger partial charge in [-0.05, 0) is 60.7 Å². The number of ether oxygens (including phenoxy) is 2. The van der Waals surface area contributed by atoms with Crippen LogP contribution in [0.25, 0.3) is 0 Å². The van der Waals surface area contributed by atoms with Gasteiger partial charge in [0.2, 0.25) is 0 Å². The number of piperazine rings is 1.